The van der Waals surface area contributed by atoms with Gasteiger partial charge in [-0.05, 0) is 80.4 Å². The van der Waals surface area contributed by atoms with Crippen molar-refractivity contribution in [1.29, 1.82) is 0 Å². The Morgan fingerprint density at radius 1 is 0.897 bits per heavy atom. The molecule has 0 aliphatic carbocycles. The molecule has 0 bridgehead atoms. The van der Waals surface area contributed by atoms with Gasteiger partial charge in [0.2, 0.25) is 0 Å². The Morgan fingerprint density at radius 2 is 1.59 bits per heavy atom. The summed E-state index contributed by atoms with van der Waals surface area (Å²) in [5.74, 6) is -0.727. The van der Waals surface area contributed by atoms with E-state index >= 15 is 0 Å². The number of hydrogen-bond donors (Lipinski definition) is 2. The molecule has 0 fully saturated rings. The van der Waals surface area contributed by atoms with E-state index in [0.29, 0.717) is 17.9 Å². The lowest BCUT2D eigenvalue weighted by Crippen LogP contribution is -2.14. The predicted octanol–water partition coefficient (Wildman–Crippen LogP) is 4.87. The number of hydrogen-bond acceptors (Lipinski definition) is 5. The SMILES string of the molecule is CCOC(=O)c1ccc(NC(=O)c2cc(Nc3cc(C)cc(C)c3)ccn2)cc1. The number of benzene rings is 2. The number of esters is 1. The second-order valence-corrected chi connectivity index (χ2v) is 6.68. The number of nitrogens with one attached hydrogen (secondary N) is 2. The lowest BCUT2D eigenvalue weighted by atomic mass is 10.1. The van der Waals surface area contributed by atoms with Gasteiger partial charge in [0.25, 0.3) is 5.91 Å². The lowest BCUT2D eigenvalue weighted by Gasteiger charge is -2.10. The smallest absolute Gasteiger partial charge is 0.338 e. The molecule has 0 saturated carbocycles. The van der Waals surface area contributed by atoms with Crippen molar-refractivity contribution in [3.05, 3.63) is 83.2 Å². The molecule has 0 radical (unpaired) electrons. The maximum absolute atomic E-state index is 12.6. The minimum atomic E-state index is -0.391. The van der Waals surface area contributed by atoms with Crippen molar-refractivity contribution in [1.82, 2.24) is 4.98 Å². The van der Waals surface area contributed by atoms with Crippen molar-refractivity contribution in [3.8, 4) is 0 Å². The number of nitrogens with zero attached hydrogens (tertiary/aromatic N) is 1. The summed E-state index contributed by atoms with van der Waals surface area (Å²) in [5, 5.41) is 6.09. The molecule has 29 heavy (non-hydrogen) atoms. The van der Waals surface area contributed by atoms with Gasteiger partial charge in [-0.2, -0.15) is 0 Å². The Labute approximate surface area is 169 Å². The van der Waals surface area contributed by atoms with Gasteiger partial charge in [-0.15, -0.1) is 0 Å². The summed E-state index contributed by atoms with van der Waals surface area (Å²) in [6.45, 7) is 6.14. The van der Waals surface area contributed by atoms with Crippen molar-refractivity contribution in [3.63, 3.8) is 0 Å². The monoisotopic (exact) mass is 389 g/mol. The van der Waals surface area contributed by atoms with Gasteiger partial charge in [0.05, 0.1) is 12.2 Å². The van der Waals surface area contributed by atoms with E-state index in [1.807, 2.05) is 32.0 Å². The highest BCUT2D eigenvalue weighted by Gasteiger charge is 2.10. The van der Waals surface area contributed by atoms with Gasteiger partial charge in [0, 0.05) is 23.3 Å². The fourth-order valence-electron chi connectivity index (χ4n) is 2.95. The molecule has 148 valence electrons. The number of ether oxygens (including phenoxy) is 1. The Morgan fingerprint density at radius 3 is 2.24 bits per heavy atom. The summed E-state index contributed by atoms with van der Waals surface area (Å²) < 4.78 is 4.95. The van der Waals surface area contributed by atoms with Crippen LogP contribution in [0, 0.1) is 13.8 Å². The number of aryl methyl sites for hydroxylation is 2. The van der Waals surface area contributed by atoms with E-state index in [2.05, 4.69) is 21.7 Å². The van der Waals surface area contributed by atoms with Gasteiger partial charge in [-0.25, -0.2) is 4.79 Å². The molecule has 6 heteroatoms. The average molecular weight is 389 g/mol. The van der Waals surface area contributed by atoms with Gasteiger partial charge < -0.3 is 15.4 Å². The van der Waals surface area contributed by atoms with Crippen LogP contribution in [0.4, 0.5) is 17.1 Å². The van der Waals surface area contributed by atoms with Crippen LogP contribution in [-0.2, 0) is 4.74 Å². The molecular weight excluding hydrogens is 366 g/mol. The second kappa shape index (κ2) is 9.01. The van der Waals surface area contributed by atoms with E-state index in [1.54, 1.807) is 43.5 Å². The standard InChI is InChI=1S/C23H23N3O3/c1-4-29-23(28)17-5-7-18(8-6-17)26-22(27)21-14-19(9-10-24-21)25-20-12-15(2)11-16(3)13-20/h5-14H,4H2,1-3H3,(H,24,25)(H,26,27). The zero-order valence-corrected chi connectivity index (χ0v) is 16.7. The van der Waals surface area contributed by atoms with Crippen molar-refractivity contribution in [2.24, 2.45) is 0 Å². The highest BCUT2D eigenvalue weighted by molar-refractivity contribution is 6.03. The van der Waals surface area contributed by atoms with Crippen molar-refractivity contribution in [2.75, 3.05) is 17.2 Å². The van der Waals surface area contributed by atoms with Crippen LogP contribution in [0.15, 0.2) is 60.8 Å². The zero-order chi connectivity index (χ0) is 20.8. The molecule has 1 heterocycles. The third-order valence-electron chi connectivity index (χ3n) is 4.16. The number of amides is 1. The van der Waals surface area contributed by atoms with Gasteiger partial charge in [0.1, 0.15) is 5.69 Å². The molecule has 0 aliphatic rings. The van der Waals surface area contributed by atoms with Gasteiger partial charge in [0.15, 0.2) is 0 Å². The summed E-state index contributed by atoms with van der Waals surface area (Å²) in [7, 11) is 0. The van der Waals surface area contributed by atoms with E-state index in [9.17, 15) is 9.59 Å². The van der Waals surface area contributed by atoms with Crippen LogP contribution in [-0.4, -0.2) is 23.5 Å². The Bertz CT molecular complexity index is 1010. The summed E-state index contributed by atoms with van der Waals surface area (Å²) in [6.07, 6.45) is 1.59. The van der Waals surface area contributed by atoms with E-state index in [4.69, 9.17) is 4.74 Å². The summed E-state index contributed by atoms with van der Waals surface area (Å²) in [4.78, 5) is 28.4. The fraction of sp³-hybridized carbons (Fsp3) is 0.174. The van der Waals surface area contributed by atoms with E-state index in [-0.39, 0.29) is 11.6 Å². The zero-order valence-electron chi connectivity index (χ0n) is 16.7. The molecule has 0 unspecified atom stereocenters. The Balaban J connectivity index is 1.70. The summed E-state index contributed by atoms with van der Waals surface area (Å²) in [6, 6.07) is 16.2. The largest absolute Gasteiger partial charge is 0.462 e. The maximum atomic E-state index is 12.6. The molecule has 0 spiro atoms. The molecular formula is C23H23N3O3. The average Bonchev–Trinajstić information content (AvgIpc) is 2.68. The summed E-state index contributed by atoms with van der Waals surface area (Å²) >= 11 is 0. The van der Waals surface area contributed by atoms with Crippen molar-refractivity contribution in [2.45, 2.75) is 20.8 Å². The topological polar surface area (TPSA) is 80.3 Å². The number of pyridine rings is 1. The lowest BCUT2D eigenvalue weighted by molar-refractivity contribution is 0.0526. The third-order valence-corrected chi connectivity index (χ3v) is 4.16. The van der Waals surface area contributed by atoms with Crippen molar-refractivity contribution >= 4 is 28.9 Å². The number of carbonyl (C=O) groups is 2. The molecule has 1 aromatic heterocycles. The number of carbonyl (C=O) groups excluding carboxylic acids is 2. The first-order chi connectivity index (χ1) is 13.9. The number of rotatable bonds is 6. The van der Waals surface area contributed by atoms with Crippen LogP contribution < -0.4 is 10.6 Å². The highest BCUT2D eigenvalue weighted by Crippen LogP contribution is 2.20. The first-order valence-electron chi connectivity index (χ1n) is 9.34. The Hall–Kier alpha value is -3.67. The molecule has 6 nitrogen and oxygen atoms in total. The minimum Gasteiger partial charge on any atom is -0.462 e. The predicted molar refractivity (Wildman–Crippen MR) is 114 cm³/mol. The minimum absolute atomic E-state index is 0.286. The maximum Gasteiger partial charge on any atom is 0.338 e. The summed E-state index contributed by atoms with van der Waals surface area (Å²) in [5.41, 5.74) is 5.33. The molecule has 2 aromatic carbocycles. The van der Waals surface area contributed by atoms with Gasteiger partial charge in [-0.1, -0.05) is 6.07 Å². The fourth-order valence-corrected chi connectivity index (χ4v) is 2.95. The van der Waals surface area contributed by atoms with Crippen LogP contribution in [0.3, 0.4) is 0 Å². The van der Waals surface area contributed by atoms with Crippen LogP contribution in [0.5, 0.6) is 0 Å². The van der Waals surface area contributed by atoms with Crippen LogP contribution in [0.25, 0.3) is 0 Å². The quantitative estimate of drug-likeness (QED) is 0.588. The van der Waals surface area contributed by atoms with Crippen LogP contribution in [0.2, 0.25) is 0 Å². The number of anilines is 3. The molecule has 1 amide bonds. The second-order valence-electron chi connectivity index (χ2n) is 6.68. The molecule has 0 saturated heterocycles. The molecule has 3 aromatic rings. The highest BCUT2D eigenvalue weighted by atomic mass is 16.5. The van der Waals surface area contributed by atoms with E-state index < -0.39 is 5.97 Å². The molecule has 0 aliphatic heterocycles. The van der Waals surface area contributed by atoms with Crippen LogP contribution >= 0.6 is 0 Å². The molecule has 2 N–H and O–H groups in total. The van der Waals surface area contributed by atoms with Crippen molar-refractivity contribution < 1.29 is 14.3 Å². The van der Waals surface area contributed by atoms with Crippen LogP contribution in [0.1, 0.15) is 38.9 Å². The third kappa shape index (κ3) is 5.42. The van der Waals surface area contributed by atoms with E-state index in [1.165, 1.54) is 0 Å². The van der Waals surface area contributed by atoms with Gasteiger partial charge in [-0.3, -0.25) is 9.78 Å². The first kappa shape index (κ1) is 20.1. The molecule has 0 atom stereocenters. The van der Waals surface area contributed by atoms with Gasteiger partial charge >= 0.3 is 5.97 Å². The first-order valence-corrected chi connectivity index (χ1v) is 9.34. The number of aromatic nitrogens is 1. The molecule has 3 rings (SSSR count). The van der Waals surface area contributed by atoms with E-state index in [0.717, 1.165) is 22.5 Å². The Kier molecular flexibility index (Phi) is 6.24. The normalized spacial score (nSPS) is 10.3.